The molecule has 0 spiro atoms. The van der Waals surface area contributed by atoms with E-state index in [0.717, 1.165) is 38.2 Å². The molecule has 2 rings (SSSR count). The summed E-state index contributed by atoms with van der Waals surface area (Å²) in [5.74, 6) is 0.910. The molecule has 0 saturated carbocycles. The van der Waals surface area contributed by atoms with Crippen LogP contribution in [0, 0.1) is 0 Å². The fourth-order valence-electron chi connectivity index (χ4n) is 2.60. The Kier molecular flexibility index (Phi) is 6.03. The highest BCUT2D eigenvalue weighted by Gasteiger charge is 2.34. The van der Waals surface area contributed by atoms with Crippen LogP contribution in [0.4, 0.5) is 0 Å². The summed E-state index contributed by atoms with van der Waals surface area (Å²) in [6, 6.07) is 8.76. The summed E-state index contributed by atoms with van der Waals surface area (Å²) in [5, 5.41) is 3.58. The third-order valence-electron chi connectivity index (χ3n) is 4.30. The molecule has 2 atom stereocenters. The Bertz CT molecular complexity index is 413. The van der Waals surface area contributed by atoms with Crippen LogP contribution in [0.25, 0.3) is 0 Å². The van der Waals surface area contributed by atoms with E-state index in [2.05, 4.69) is 24.4 Å². The number of nitrogens with one attached hydrogen (secondary N) is 1. The second-order valence-corrected chi connectivity index (χ2v) is 5.86. The second-order valence-electron chi connectivity index (χ2n) is 5.86. The molecule has 1 aromatic rings. The van der Waals surface area contributed by atoms with Gasteiger partial charge in [-0.3, -0.25) is 0 Å². The van der Waals surface area contributed by atoms with Gasteiger partial charge in [-0.05, 0) is 37.5 Å². The minimum atomic E-state index is -0.131. The molecule has 1 aliphatic heterocycles. The number of ether oxygens (including phenoxy) is 3. The highest BCUT2D eigenvalue weighted by Crippen LogP contribution is 2.22. The zero-order valence-corrected chi connectivity index (χ0v) is 13.4. The molecular formula is C17H27NO3. The molecule has 4 nitrogen and oxygen atoms in total. The summed E-state index contributed by atoms with van der Waals surface area (Å²) in [4.78, 5) is 0. The van der Waals surface area contributed by atoms with Crippen LogP contribution in [0.5, 0.6) is 5.75 Å². The normalized spacial score (nSPS) is 23.2. The third-order valence-corrected chi connectivity index (χ3v) is 4.30. The van der Waals surface area contributed by atoms with Crippen molar-refractivity contribution >= 4 is 0 Å². The maximum absolute atomic E-state index is 5.64. The maximum atomic E-state index is 5.64. The van der Waals surface area contributed by atoms with Crippen molar-refractivity contribution in [3.8, 4) is 5.75 Å². The predicted octanol–water partition coefficient (Wildman–Crippen LogP) is 2.41. The van der Waals surface area contributed by atoms with Crippen LogP contribution in [0.1, 0.15) is 25.3 Å². The van der Waals surface area contributed by atoms with Gasteiger partial charge in [-0.1, -0.05) is 12.1 Å². The van der Waals surface area contributed by atoms with Gasteiger partial charge in [0.1, 0.15) is 11.4 Å². The van der Waals surface area contributed by atoms with Gasteiger partial charge in [-0.15, -0.1) is 0 Å². The summed E-state index contributed by atoms with van der Waals surface area (Å²) in [7, 11) is 3.47. The van der Waals surface area contributed by atoms with E-state index >= 15 is 0 Å². The lowest BCUT2D eigenvalue weighted by Gasteiger charge is -2.28. The summed E-state index contributed by atoms with van der Waals surface area (Å²) >= 11 is 0. The van der Waals surface area contributed by atoms with E-state index in [1.54, 1.807) is 14.2 Å². The molecule has 1 aliphatic rings. The van der Waals surface area contributed by atoms with Gasteiger partial charge in [-0.2, -0.15) is 0 Å². The molecule has 1 N–H and O–H groups in total. The number of rotatable bonds is 8. The molecule has 2 unspecified atom stereocenters. The molecule has 0 bridgehead atoms. The van der Waals surface area contributed by atoms with Crippen molar-refractivity contribution in [2.45, 2.75) is 37.8 Å². The molecule has 1 fully saturated rings. The Morgan fingerprint density at radius 3 is 2.62 bits per heavy atom. The lowest BCUT2D eigenvalue weighted by atomic mass is 10.0. The van der Waals surface area contributed by atoms with Gasteiger partial charge in [0.05, 0.1) is 13.7 Å². The predicted molar refractivity (Wildman–Crippen MR) is 84.0 cm³/mol. The summed E-state index contributed by atoms with van der Waals surface area (Å²) in [5.41, 5.74) is 1.21. The Morgan fingerprint density at radius 1 is 1.29 bits per heavy atom. The minimum Gasteiger partial charge on any atom is -0.497 e. The van der Waals surface area contributed by atoms with Gasteiger partial charge >= 0.3 is 0 Å². The molecule has 0 aromatic heterocycles. The van der Waals surface area contributed by atoms with Crippen molar-refractivity contribution in [1.29, 1.82) is 0 Å². The Balaban J connectivity index is 1.72. The van der Waals surface area contributed by atoms with Crippen molar-refractivity contribution in [2.24, 2.45) is 0 Å². The average Bonchev–Trinajstić information content (AvgIpc) is 3.01. The highest BCUT2D eigenvalue weighted by atomic mass is 16.5. The van der Waals surface area contributed by atoms with Crippen molar-refractivity contribution < 1.29 is 14.2 Å². The van der Waals surface area contributed by atoms with E-state index in [1.807, 2.05) is 12.1 Å². The van der Waals surface area contributed by atoms with E-state index < -0.39 is 0 Å². The molecule has 0 amide bonds. The second kappa shape index (κ2) is 7.78. The number of hydrogen-bond acceptors (Lipinski definition) is 4. The Morgan fingerprint density at radius 2 is 2.05 bits per heavy atom. The van der Waals surface area contributed by atoms with E-state index in [9.17, 15) is 0 Å². The zero-order chi connectivity index (χ0) is 15.1. The van der Waals surface area contributed by atoms with Crippen molar-refractivity contribution in [3.63, 3.8) is 0 Å². The Hall–Kier alpha value is -1.10. The maximum Gasteiger partial charge on any atom is 0.118 e. The first kappa shape index (κ1) is 16.3. The van der Waals surface area contributed by atoms with E-state index in [-0.39, 0.29) is 5.60 Å². The first-order chi connectivity index (χ1) is 10.2. The van der Waals surface area contributed by atoms with Gasteiger partial charge in [-0.25, -0.2) is 0 Å². The molecule has 0 radical (unpaired) electrons. The summed E-state index contributed by atoms with van der Waals surface area (Å²) < 4.78 is 16.3. The fraction of sp³-hybridized carbons (Fsp3) is 0.647. The van der Waals surface area contributed by atoms with Gasteiger partial charge < -0.3 is 19.5 Å². The Labute approximate surface area is 127 Å². The fourth-order valence-corrected chi connectivity index (χ4v) is 2.60. The lowest BCUT2D eigenvalue weighted by molar-refractivity contribution is -0.0173. The number of methoxy groups -OCH3 is 2. The zero-order valence-electron chi connectivity index (χ0n) is 13.4. The van der Waals surface area contributed by atoms with E-state index in [4.69, 9.17) is 14.2 Å². The monoisotopic (exact) mass is 293 g/mol. The van der Waals surface area contributed by atoms with Crippen LogP contribution in [0.2, 0.25) is 0 Å². The number of benzene rings is 1. The van der Waals surface area contributed by atoms with Gasteiger partial charge in [0.25, 0.3) is 0 Å². The molecule has 0 aliphatic carbocycles. The SMILES string of the molecule is COc1ccc(CCC(C)NCC2(OC)CCOC2)cc1. The molecule has 21 heavy (non-hydrogen) atoms. The van der Waals surface area contributed by atoms with Gasteiger partial charge in [0.15, 0.2) is 0 Å². The van der Waals surface area contributed by atoms with Crippen molar-refractivity contribution in [1.82, 2.24) is 5.32 Å². The smallest absolute Gasteiger partial charge is 0.118 e. The summed E-state index contributed by atoms with van der Waals surface area (Å²) in [6.45, 7) is 4.58. The van der Waals surface area contributed by atoms with Crippen molar-refractivity contribution in [2.75, 3.05) is 34.0 Å². The van der Waals surface area contributed by atoms with Crippen molar-refractivity contribution in [3.05, 3.63) is 29.8 Å². The van der Waals surface area contributed by atoms with Gasteiger partial charge in [0.2, 0.25) is 0 Å². The minimum absolute atomic E-state index is 0.131. The standard InChI is InChI=1S/C17H27NO3/c1-14(18-12-17(20-3)10-11-21-13-17)4-5-15-6-8-16(19-2)9-7-15/h6-9,14,18H,4-5,10-13H2,1-3H3. The number of hydrogen-bond donors (Lipinski definition) is 1. The van der Waals surface area contributed by atoms with Gasteiger partial charge in [0, 0.05) is 32.7 Å². The first-order valence-electron chi connectivity index (χ1n) is 7.67. The lowest BCUT2D eigenvalue weighted by Crippen LogP contribution is -2.45. The van der Waals surface area contributed by atoms with Crippen LogP contribution in [-0.2, 0) is 15.9 Å². The quantitative estimate of drug-likeness (QED) is 0.799. The van der Waals surface area contributed by atoms with Crippen LogP contribution in [-0.4, -0.2) is 45.6 Å². The average molecular weight is 293 g/mol. The molecule has 1 saturated heterocycles. The van der Waals surface area contributed by atoms with Crippen LogP contribution in [0.15, 0.2) is 24.3 Å². The van der Waals surface area contributed by atoms with E-state index in [1.165, 1.54) is 5.56 Å². The third kappa shape index (κ3) is 4.70. The summed E-state index contributed by atoms with van der Waals surface area (Å²) in [6.07, 6.45) is 3.14. The van der Waals surface area contributed by atoms with E-state index in [0.29, 0.717) is 12.6 Å². The number of aryl methyl sites for hydroxylation is 1. The molecular weight excluding hydrogens is 266 g/mol. The first-order valence-corrected chi connectivity index (χ1v) is 7.67. The molecule has 118 valence electrons. The molecule has 4 heteroatoms. The topological polar surface area (TPSA) is 39.7 Å². The molecule has 1 heterocycles. The van der Waals surface area contributed by atoms with Crippen LogP contribution >= 0.6 is 0 Å². The van der Waals surface area contributed by atoms with Crippen LogP contribution in [0.3, 0.4) is 0 Å². The molecule has 1 aromatic carbocycles. The largest absolute Gasteiger partial charge is 0.497 e. The van der Waals surface area contributed by atoms with Crippen LogP contribution < -0.4 is 10.1 Å². The highest BCUT2D eigenvalue weighted by molar-refractivity contribution is 5.27.